The maximum atomic E-state index is 11.4. The first-order chi connectivity index (χ1) is 5.06. The molecule has 0 radical (unpaired) electrons. The molecular weight excluding hydrogens is 158 g/mol. The third kappa shape index (κ3) is 5.44. The van der Waals surface area contributed by atoms with E-state index in [9.17, 15) is 18.4 Å². The fourth-order valence-corrected chi connectivity index (χ4v) is 0.367. The van der Waals surface area contributed by atoms with Crippen molar-refractivity contribution in [2.24, 2.45) is 0 Å². The summed E-state index contributed by atoms with van der Waals surface area (Å²) in [5, 5.41) is 0. The lowest BCUT2D eigenvalue weighted by Crippen LogP contribution is -2.13. The molecule has 3 nitrogen and oxygen atoms in total. The van der Waals surface area contributed by atoms with E-state index in [0.717, 1.165) is 0 Å². The molecule has 0 aliphatic rings. The molecule has 0 N–H and O–H groups in total. The summed E-state index contributed by atoms with van der Waals surface area (Å²) in [5.74, 6) is -1.96. The predicted octanol–water partition coefficient (Wildman–Crippen LogP) is 1.12. The summed E-state index contributed by atoms with van der Waals surface area (Å²) < 4.78 is 26.8. The van der Waals surface area contributed by atoms with E-state index in [1.54, 1.807) is 0 Å². The molecular formula is C6H8F2O3. The number of alkyl halides is 2. The first kappa shape index (κ1) is 10.0. The van der Waals surface area contributed by atoms with E-state index in [4.69, 9.17) is 0 Å². The molecule has 0 aliphatic carbocycles. The van der Waals surface area contributed by atoms with Crippen LogP contribution in [0, 0.1) is 0 Å². The Bertz CT molecular complexity index is 156. The number of rotatable bonds is 3. The largest absolute Gasteiger partial charge is 0.393 e. The second-order valence-corrected chi connectivity index (χ2v) is 1.79. The fourth-order valence-electron chi connectivity index (χ4n) is 0.367. The standard InChI is InChI=1S/C6H8F2O3/c1-2-5(9)11-6(10)3-4(7)8/h4H,2-3H2,1H3. The predicted molar refractivity (Wildman–Crippen MR) is 32.0 cm³/mol. The highest BCUT2D eigenvalue weighted by molar-refractivity contribution is 5.85. The number of carbonyl (C=O) groups is 2. The van der Waals surface area contributed by atoms with Crippen LogP contribution in [0.2, 0.25) is 0 Å². The quantitative estimate of drug-likeness (QED) is 0.466. The molecule has 0 heterocycles. The molecule has 0 unspecified atom stereocenters. The minimum absolute atomic E-state index is 0.00891. The van der Waals surface area contributed by atoms with Gasteiger partial charge in [-0.05, 0) is 0 Å². The lowest BCUT2D eigenvalue weighted by atomic mass is 10.4. The normalized spacial score (nSPS) is 9.82. The summed E-state index contributed by atoms with van der Waals surface area (Å²) in [6, 6.07) is 0. The Labute approximate surface area is 62.3 Å². The highest BCUT2D eigenvalue weighted by Crippen LogP contribution is 2.00. The zero-order valence-corrected chi connectivity index (χ0v) is 5.97. The van der Waals surface area contributed by atoms with Crippen LogP contribution in [0.1, 0.15) is 19.8 Å². The number of halogens is 2. The Hall–Kier alpha value is -1.00. The van der Waals surface area contributed by atoms with Gasteiger partial charge in [-0.1, -0.05) is 6.92 Å². The Morgan fingerprint density at radius 3 is 2.27 bits per heavy atom. The number of ether oxygens (including phenoxy) is 1. The minimum Gasteiger partial charge on any atom is -0.393 e. The fraction of sp³-hybridized carbons (Fsp3) is 0.667. The second-order valence-electron chi connectivity index (χ2n) is 1.79. The van der Waals surface area contributed by atoms with Crippen molar-refractivity contribution in [3.8, 4) is 0 Å². The maximum Gasteiger partial charge on any atom is 0.319 e. The number of hydrogen-bond acceptors (Lipinski definition) is 3. The molecule has 64 valence electrons. The second kappa shape index (κ2) is 4.76. The average molecular weight is 166 g/mol. The molecule has 0 spiro atoms. The monoisotopic (exact) mass is 166 g/mol. The van der Waals surface area contributed by atoms with Crippen LogP contribution in [-0.4, -0.2) is 18.4 Å². The first-order valence-corrected chi connectivity index (χ1v) is 3.08. The lowest BCUT2D eigenvalue weighted by Gasteiger charge is -1.98. The molecule has 11 heavy (non-hydrogen) atoms. The van der Waals surface area contributed by atoms with Crippen LogP contribution in [-0.2, 0) is 14.3 Å². The van der Waals surface area contributed by atoms with Crippen LogP contribution in [0.5, 0.6) is 0 Å². The van der Waals surface area contributed by atoms with Crippen LogP contribution in [0.3, 0.4) is 0 Å². The van der Waals surface area contributed by atoms with Crippen molar-refractivity contribution in [1.29, 1.82) is 0 Å². The van der Waals surface area contributed by atoms with Gasteiger partial charge in [-0.25, -0.2) is 8.78 Å². The van der Waals surface area contributed by atoms with Gasteiger partial charge in [-0.3, -0.25) is 9.59 Å². The minimum atomic E-state index is -2.76. The SMILES string of the molecule is CCC(=O)OC(=O)CC(F)F. The van der Waals surface area contributed by atoms with Crippen molar-refractivity contribution < 1.29 is 23.1 Å². The third-order valence-corrected chi connectivity index (χ3v) is 0.837. The van der Waals surface area contributed by atoms with Crippen LogP contribution in [0.4, 0.5) is 8.78 Å². The van der Waals surface area contributed by atoms with Crippen molar-refractivity contribution in [2.75, 3.05) is 0 Å². The van der Waals surface area contributed by atoms with Gasteiger partial charge in [0.15, 0.2) is 0 Å². The number of carbonyl (C=O) groups excluding carboxylic acids is 2. The Morgan fingerprint density at radius 2 is 1.91 bits per heavy atom. The van der Waals surface area contributed by atoms with Crippen molar-refractivity contribution in [1.82, 2.24) is 0 Å². The Morgan fingerprint density at radius 1 is 1.36 bits per heavy atom. The van der Waals surface area contributed by atoms with E-state index < -0.39 is 24.8 Å². The van der Waals surface area contributed by atoms with Gasteiger partial charge >= 0.3 is 11.9 Å². The first-order valence-electron chi connectivity index (χ1n) is 3.08. The molecule has 0 bridgehead atoms. The molecule has 0 aromatic heterocycles. The summed E-state index contributed by atoms with van der Waals surface area (Å²) in [7, 11) is 0. The molecule has 0 fully saturated rings. The molecule has 0 saturated carbocycles. The van der Waals surface area contributed by atoms with Crippen molar-refractivity contribution in [2.45, 2.75) is 26.2 Å². The van der Waals surface area contributed by atoms with Crippen LogP contribution in [0.15, 0.2) is 0 Å². The molecule has 0 amide bonds. The highest BCUT2D eigenvalue weighted by Gasteiger charge is 2.14. The lowest BCUT2D eigenvalue weighted by molar-refractivity contribution is -0.161. The van der Waals surface area contributed by atoms with Crippen LogP contribution in [0.25, 0.3) is 0 Å². The maximum absolute atomic E-state index is 11.4. The topological polar surface area (TPSA) is 43.4 Å². The van der Waals surface area contributed by atoms with Gasteiger partial charge in [0.05, 0.1) is 0 Å². The van der Waals surface area contributed by atoms with Crippen LogP contribution < -0.4 is 0 Å². The summed E-state index contributed by atoms with van der Waals surface area (Å²) in [6.07, 6.45) is -3.77. The summed E-state index contributed by atoms with van der Waals surface area (Å²) in [4.78, 5) is 20.6. The van der Waals surface area contributed by atoms with Gasteiger partial charge in [0.1, 0.15) is 6.42 Å². The van der Waals surface area contributed by atoms with Crippen molar-refractivity contribution in [3.05, 3.63) is 0 Å². The third-order valence-electron chi connectivity index (χ3n) is 0.837. The molecule has 0 atom stereocenters. The van der Waals surface area contributed by atoms with E-state index in [1.807, 2.05) is 0 Å². The Kier molecular flexibility index (Phi) is 4.33. The molecule has 0 rings (SSSR count). The molecule has 5 heteroatoms. The van der Waals surface area contributed by atoms with Gasteiger partial charge in [0, 0.05) is 6.42 Å². The van der Waals surface area contributed by atoms with Crippen LogP contribution >= 0.6 is 0 Å². The Balaban J connectivity index is 3.61. The zero-order chi connectivity index (χ0) is 8.85. The van der Waals surface area contributed by atoms with Gasteiger partial charge < -0.3 is 4.74 Å². The summed E-state index contributed by atoms with van der Waals surface area (Å²) >= 11 is 0. The molecule has 0 aromatic rings. The van der Waals surface area contributed by atoms with E-state index in [2.05, 4.69) is 4.74 Å². The molecule has 0 aliphatic heterocycles. The number of esters is 2. The molecule has 0 aromatic carbocycles. The average Bonchev–Trinajstić information content (AvgIpc) is 1.85. The van der Waals surface area contributed by atoms with E-state index in [1.165, 1.54) is 6.92 Å². The zero-order valence-electron chi connectivity index (χ0n) is 5.97. The molecule has 0 saturated heterocycles. The van der Waals surface area contributed by atoms with E-state index in [-0.39, 0.29) is 6.42 Å². The summed E-state index contributed by atoms with van der Waals surface area (Å²) in [5.41, 5.74) is 0. The van der Waals surface area contributed by atoms with Gasteiger partial charge in [-0.2, -0.15) is 0 Å². The number of hydrogen-bond donors (Lipinski definition) is 0. The van der Waals surface area contributed by atoms with E-state index >= 15 is 0 Å². The highest BCUT2D eigenvalue weighted by atomic mass is 19.3. The van der Waals surface area contributed by atoms with Gasteiger partial charge in [0.25, 0.3) is 0 Å². The van der Waals surface area contributed by atoms with E-state index in [0.29, 0.717) is 0 Å². The van der Waals surface area contributed by atoms with Gasteiger partial charge in [0.2, 0.25) is 6.43 Å². The van der Waals surface area contributed by atoms with Gasteiger partial charge in [-0.15, -0.1) is 0 Å². The van der Waals surface area contributed by atoms with Crippen molar-refractivity contribution in [3.63, 3.8) is 0 Å². The smallest absolute Gasteiger partial charge is 0.319 e. The summed E-state index contributed by atoms with van der Waals surface area (Å²) in [6.45, 7) is 1.47. The van der Waals surface area contributed by atoms with Crippen molar-refractivity contribution >= 4 is 11.9 Å².